The van der Waals surface area contributed by atoms with Gasteiger partial charge in [0.25, 0.3) is 0 Å². The van der Waals surface area contributed by atoms with Crippen molar-refractivity contribution in [3.8, 4) is 0 Å². The summed E-state index contributed by atoms with van der Waals surface area (Å²) in [6.45, 7) is 10.2. The Hall–Kier alpha value is -1.44. The van der Waals surface area contributed by atoms with Crippen LogP contribution in [0.3, 0.4) is 0 Å². The summed E-state index contributed by atoms with van der Waals surface area (Å²) in [6, 6.07) is 0. The predicted octanol–water partition coefficient (Wildman–Crippen LogP) is 16.8. The number of rotatable bonds is 48. The number of ether oxygens (including phenoxy) is 7. The molecular weight excluding hydrogens is 737 g/mol. The van der Waals surface area contributed by atoms with Crippen molar-refractivity contribution >= 4 is 0 Å². The van der Waals surface area contributed by atoms with Gasteiger partial charge in [-0.3, -0.25) is 0 Å². The van der Waals surface area contributed by atoms with Crippen molar-refractivity contribution in [3.05, 3.63) is 23.0 Å². The van der Waals surface area contributed by atoms with Crippen LogP contribution in [0.1, 0.15) is 259 Å². The van der Waals surface area contributed by atoms with Gasteiger partial charge in [0.1, 0.15) is 11.5 Å². The minimum absolute atomic E-state index is 0.562. The monoisotopic (exact) mass is 839 g/mol. The average molecular weight is 839 g/mol. The summed E-state index contributed by atoms with van der Waals surface area (Å²) in [5.74, 6) is 2.73. The van der Waals surface area contributed by atoms with Gasteiger partial charge in [-0.05, 0) is 25.7 Å². The molecule has 0 aromatic rings. The lowest BCUT2D eigenvalue weighted by atomic mass is 10.1. The standard InChI is InChI=1S/C52H102O7/c1-9-13-17-21-25-27-29-31-35-39-43-47(53-5)49(55-7)51(57-45-41-37-33-23-19-15-11-3)59-52(58-46-42-38-34-24-20-16-12-4)50(56-8)48(54-6)44-40-36-32-30-28-26-22-18-14-10-2/h51-52H,9-46H2,1-8H3. The molecule has 352 valence electrons. The SMILES string of the molecule is CCCCCCCCCCCCC(OC)=C(OC)C(OCCCCCCCCC)OC(OCCCCCCCCC)C(OC)=C(CCCCCCCCCCCC)OC. The van der Waals surface area contributed by atoms with E-state index in [0.717, 1.165) is 62.9 Å². The average Bonchev–Trinajstić information content (AvgIpc) is 3.25. The van der Waals surface area contributed by atoms with Crippen LogP contribution < -0.4 is 0 Å². The Morgan fingerprint density at radius 2 is 0.525 bits per heavy atom. The van der Waals surface area contributed by atoms with Gasteiger partial charge < -0.3 is 33.2 Å². The molecule has 59 heavy (non-hydrogen) atoms. The van der Waals surface area contributed by atoms with Crippen molar-refractivity contribution in [1.29, 1.82) is 0 Å². The van der Waals surface area contributed by atoms with E-state index < -0.39 is 12.6 Å². The van der Waals surface area contributed by atoms with Gasteiger partial charge in [0.15, 0.2) is 11.5 Å². The van der Waals surface area contributed by atoms with E-state index in [0.29, 0.717) is 24.7 Å². The van der Waals surface area contributed by atoms with Gasteiger partial charge in [0.2, 0.25) is 12.6 Å². The number of methoxy groups -OCH3 is 4. The van der Waals surface area contributed by atoms with Crippen molar-refractivity contribution in [3.63, 3.8) is 0 Å². The molecule has 0 aliphatic rings. The van der Waals surface area contributed by atoms with Crippen LogP contribution in [0.4, 0.5) is 0 Å². The van der Waals surface area contributed by atoms with Crippen LogP contribution in [-0.4, -0.2) is 54.2 Å². The fourth-order valence-corrected chi connectivity index (χ4v) is 7.85. The molecule has 0 aliphatic heterocycles. The molecule has 2 unspecified atom stereocenters. The van der Waals surface area contributed by atoms with E-state index in [-0.39, 0.29) is 0 Å². The molecule has 0 rings (SSSR count). The van der Waals surface area contributed by atoms with Crippen LogP contribution in [0.15, 0.2) is 23.0 Å². The molecule has 0 saturated carbocycles. The lowest BCUT2D eigenvalue weighted by Crippen LogP contribution is -2.33. The Kier molecular flexibility index (Phi) is 44.9. The highest BCUT2D eigenvalue weighted by Gasteiger charge is 2.31. The number of hydrogen-bond donors (Lipinski definition) is 0. The van der Waals surface area contributed by atoms with E-state index in [9.17, 15) is 0 Å². The third kappa shape index (κ3) is 33.8. The van der Waals surface area contributed by atoms with Crippen molar-refractivity contribution < 1.29 is 33.2 Å². The highest BCUT2D eigenvalue weighted by atomic mass is 16.8. The van der Waals surface area contributed by atoms with Gasteiger partial charge in [-0.25, -0.2) is 0 Å². The molecule has 0 fully saturated rings. The first-order chi connectivity index (χ1) is 29.1. The summed E-state index contributed by atoms with van der Waals surface area (Å²) in [7, 11) is 6.88. The quantitative estimate of drug-likeness (QED) is 0.0343. The Labute approximate surface area is 368 Å². The summed E-state index contributed by atoms with van der Waals surface area (Å²) in [5.41, 5.74) is 0. The molecular formula is C52H102O7. The maximum atomic E-state index is 6.87. The molecule has 0 aromatic carbocycles. The second kappa shape index (κ2) is 46.1. The van der Waals surface area contributed by atoms with E-state index in [1.54, 1.807) is 28.4 Å². The van der Waals surface area contributed by atoms with Gasteiger partial charge in [-0.2, -0.15) is 0 Å². The zero-order valence-electron chi connectivity index (χ0n) is 40.9. The van der Waals surface area contributed by atoms with Crippen molar-refractivity contribution in [2.45, 2.75) is 271 Å². The van der Waals surface area contributed by atoms with Crippen LogP contribution in [0.2, 0.25) is 0 Å². The summed E-state index contributed by atoms with van der Waals surface area (Å²) in [6.07, 6.45) is 42.6. The molecule has 0 heterocycles. The molecule has 7 nitrogen and oxygen atoms in total. The molecule has 0 radical (unpaired) electrons. The normalized spacial score (nSPS) is 13.6. The summed E-state index contributed by atoms with van der Waals surface area (Å²) in [5, 5.41) is 0. The molecule has 0 N–H and O–H groups in total. The maximum Gasteiger partial charge on any atom is 0.223 e. The third-order valence-corrected chi connectivity index (χ3v) is 11.7. The summed E-state index contributed by atoms with van der Waals surface area (Å²) < 4.78 is 44.4. The molecule has 0 spiro atoms. The first-order valence-electron chi connectivity index (χ1n) is 25.6. The highest BCUT2D eigenvalue weighted by Crippen LogP contribution is 2.28. The Morgan fingerprint density at radius 1 is 0.288 bits per heavy atom. The minimum atomic E-state index is -0.808. The fourth-order valence-electron chi connectivity index (χ4n) is 7.85. The van der Waals surface area contributed by atoms with Crippen LogP contribution >= 0.6 is 0 Å². The minimum Gasteiger partial charge on any atom is -0.497 e. The van der Waals surface area contributed by atoms with Crippen LogP contribution in [-0.2, 0) is 33.2 Å². The van der Waals surface area contributed by atoms with Gasteiger partial charge in [0.05, 0.1) is 41.7 Å². The largest absolute Gasteiger partial charge is 0.497 e. The zero-order chi connectivity index (χ0) is 43.3. The molecule has 0 aromatic heterocycles. The molecule has 7 heteroatoms. The van der Waals surface area contributed by atoms with E-state index in [4.69, 9.17) is 33.2 Å². The van der Waals surface area contributed by atoms with E-state index in [2.05, 4.69) is 27.7 Å². The van der Waals surface area contributed by atoms with Crippen LogP contribution in [0.25, 0.3) is 0 Å². The second-order valence-electron chi connectivity index (χ2n) is 17.0. The summed E-state index contributed by atoms with van der Waals surface area (Å²) in [4.78, 5) is 0. The van der Waals surface area contributed by atoms with E-state index >= 15 is 0 Å². The lowest BCUT2D eigenvalue weighted by molar-refractivity contribution is -0.240. The maximum absolute atomic E-state index is 6.87. The number of hydrogen-bond acceptors (Lipinski definition) is 7. The van der Waals surface area contributed by atoms with Gasteiger partial charge in [-0.1, -0.05) is 220 Å². The number of unbranched alkanes of at least 4 members (excludes halogenated alkanes) is 30. The van der Waals surface area contributed by atoms with Crippen LogP contribution in [0.5, 0.6) is 0 Å². The highest BCUT2D eigenvalue weighted by molar-refractivity contribution is 5.08. The smallest absolute Gasteiger partial charge is 0.223 e. The first kappa shape index (κ1) is 57.6. The molecule has 0 aliphatic carbocycles. The van der Waals surface area contributed by atoms with Gasteiger partial charge in [0, 0.05) is 12.8 Å². The predicted molar refractivity (Wildman–Crippen MR) is 252 cm³/mol. The number of allylic oxidation sites excluding steroid dienone is 2. The molecule has 0 saturated heterocycles. The Morgan fingerprint density at radius 3 is 0.763 bits per heavy atom. The molecule has 2 atom stereocenters. The van der Waals surface area contributed by atoms with Crippen molar-refractivity contribution in [2.75, 3.05) is 41.7 Å². The van der Waals surface area contributed by atoms with Crippen molar-refractivity contribution in [2.24, 2.45) is 0 Å². The zero-order valence-corrected chi connectivity index (χ0v) is 40.9. The third-order valence-electron chi connectivity index (χ3n) is 11.7. The van der Waals surface area contributed by atoms with E-state index in [1.165, 1.54) is 180 Å². The van der Waals surface area contributed by atoms with Crippen molar-refractivity contribution in [1.82, 2.24) is 0 Å². The fraction of sp³-hybridized carbons (Fsp3) is 0.923. The molecule has 0 amide bonds. The van der Waals surface area contributed by atoms with Crippen LogP contribution in [0, 0.1) is 0 Å². The molecule has 0 bridgehead atoms. The second-order valence-corrected chi connectivity index (χ2v) is 17.0. The topological polar surface area (TPSA) is 64.6 Å². The van der Waals surface area contributed by atoms with Gasteiger partial charge >= 0.3 is 0 Å². The Balaban J connectivity index is 6.03. The lowest BCUT2D eigenvalue weighted by Gasteiger charge is -2.29. The van der Waals surface area contributed by atoms with Gasteiger partial charge in [-0.15, -0.1) is 0 Å². The Bertz CT molecular complexity index is 847. The summed E-state index contributed by atoms with van der Waals surface area (Å²) >= 11 is 0. The van der Waals surface area contributed by atoms with E-state index in [1.807, 2.05) is 0 Å². The first-order valence-corrected chi connectivity index (χ1v) is 25.6.